The Labute approximate surface area is 79.9 Å². The molecular weight excluding hydrogens is 160 g/mol. The number of nitrogens with zero attached hydrogens (tertiary/aromatic N) is 2. The maximum absolute atomic E-state index is 4.41. The average molecular weight is 176 g/mol. The first-order valence-electron chi connectivity index (χ1n) is 4.39. The van der Waals surface area contributed by atoms with Crippen molar-refractivity contribution in [2.45, 2.75) is 13.8 Å². The first-order chi connectivity index (χ1) is 6.09. The van der Waals surface area contributed by atoms with Crippen LogP contribution in [0.2, 0.25) is 0 Å². The first kappa shape index (κ1) is 9.78. The summed E-state index contributed by atoms with van der Waals surface area (Å²) in [5.74, 6) is 1.00. The number of hydrogen-bond acceptors (Lipinski definition) is 2. The minimum absolute atomic E-state index is 0.858. The molecule has 0 spiro atoms. The van der Waals surface area contributed by atoms with E-state index in [1.165, 1.54) is 0 Å². The van der Waals surface area contributed by atoms with Crippen molar-refractivity contribution in [2.24, 2.45) is 0 Å². The number of pyridine rings is 1. The second-order valence-corrected chi connectivity index (χ2v) is 3.45. The lowest BCUT2D eigenvalue weighted by Crippen LogP contribution is -2.20. The highest BCUT2D eigenvalue weighted by molar-refractivity contribution is 5.39. The molecule has 13 heavy (non-hydrogen) atoms. The molecule has 0 aliphatic carbocycles. The summed E-state index contributed by atoms with van der Waals surface area (Å²) in [6.07, 6.45) is 0. The number of aryl methyl sites for hydroxylation is 1. The highest BCUT2D eigenvalue weighted by Crippen LogP contribution is 2.09. The fraction of sp³-hybridized carbons (Fsp3) is 0.364. The van der Waals surface area contributed by atoms with Gasteiger partial charge in [-0.05, 0) is 26.0 Å². The average Bonchev–Trinajstić information content (AvgIpc) is 2.03. The predicted octanol–water partition coefficient (Wildman–Crippen LogP) is 2.40. The lowest BCUT2D eigenvalue weighted by molar-refractivity contribution is 0.946. The maximum atomic E-state index is 4.41. The van der Waals surface area contributed by atoms with Crippen LogP contribution in [0.5, 0.6) is 0 Å². The van der Waals surface area contributed by atoms with Crippen LogP contribution in [0.4, 0.5) is 5.82 Å². The molecule has 1 rings (SSSR count). The molecular formula is C11H16N2. The summed E-state index contributed by atoms with van der Waals surface area (Å²) in [5, 5.41) is 0. The quantitative estimate of drug-likeness (QED) is 0.657. The number of anilines is 1. The number of hydrogen-bond donors (Lipinski definition) is 0. The molecule has 0 saturated heterocycles. The molecule has 0 N–H and O–H groups in total. The number of rotatable bonds is 3. The summed E-state index contributed by atoms with van der Waals surface area (Å²) in [4.78, 5) is 6.50. The Hall–Kier alpha value is -1.31. The van der Waals surface area contributed by atoms with Gasteiger partial charge in [0.2, 0.25) is 0 Å². The van der Waals surface area contributed by atoms with Crippen LogP contribution in [-0.4, -0.2) is 18.6 Å². The zero-order valence-corrected chi connectivity index (χ0v) is 8.54. The van der Waals surface area contributed by atoms with Gasteiger partial charge in [-0.2, -0.15) is 0 Å². The third-order valence-electron chi connectivity index (χ3n) is 1.77. The Bertz CT molecular complexity index is 305. The maximum Gasteiger partial charge on any atom is 0.128 e. The normalized spacial score (nSPS) is 9.77. The fourth-order valence-electron chi connectivity index (χ4n) is 1.23. The van der Waals surface area contributed by atoms with E-state index in [0.717, 1.165) is 23.6 Å². The summed E-state index contributed by atoms with van der Waals surface area (Å²) in [5.41, 5.74) is 2.19. The van der Waals surface area contributed by atoms with Crippen molar-refractivity contribution >= 4 is 5.82 Å². The van der Waals surface area contributed by atoms with E-state index in [2.05, 4.69) is 16.5 Å². The van der Waals surface area contributed by atoms with E-state index in [-0.39, 0.29) is 0 Å². The highest BCUT2D eigenvalue weighted by atomic mass is 15.2. The Morgan fingerprint density at radius 3 is 2.77 bits per heavy atom. The summed E-state index contributed by atoms with van der Waals surface area (Å²) >= 11 is 0. The van der Waals surface area contributed by atoms with Gasteiger partial charge in [0.25, 0.3) is 0 Å². The number of likely N-dealkylation sites (N-methyl/N-ethyl adjacent to an activating group) is 1. The lowest BCUT2D eigenvalue weighted by Gasteiger charge is -2.18. The molecule has 0 saturated carbocycles. The van der Waals surface area contributed by atoms with E-state index in [9.17, 15) is 0 Å². The van der Waals surface area contributed by atoms with E-state index >= 15 is 0 Å². The zero-order valence-electron chi connectivity index (χ0n) is 8.54. The molecule has 2 heteroatoms. The molecule has 0 fully saturated rings. The third kappa shape index (κ3) is 2.90. The monoisotopic (exact) mass is 176 g/mol. The highest BCUT2D eigenvalue weighted by Gasteiger charge is 2.01. The van der Waals surface area contributed by atoms with E-state index in [4.69, 9.17) is 0 Å². The van der Waals surface area contributed by atoms with Gasteiger partial charge in [0.05, 0.1) is 0 Å². The van der Waals surface area contributed by atoms with Gasteiger partial charge < -0.3 is 4.90 Å². The molecule has 0 unspecified atom stereocenters. The molecule has 1 aromatic rings. The summed E-state index contributed by atoms with van der Waals surface area (Å²) in [6, 6.07) is 6.03. The molecule has 0 aromatic carbocycles. The van der Waals surface area contributed by atoms with Crippen molar-refractivity contribution in [3.05, 3.63) is 36.0 Å². The molecule has 1 heterocycles. The van der Waals surface area contributed by atoms with Crippen LogP contribution in [0.3, 0.4) is 0 Å². The first-order valence-corrected chi connectivity index (χ1v) is 4.39. The SMILES string of the molecule is C=C(C)CN(C)c1cccc(C)n1. The molecule has 0 radical (unpaired) electrons. The number of aromatic nitrogens is 1. The standard InChI is InChI=1S/C11H16N2/c1-9(2)8-13(4)11-7-5-6-10(3)12-11/h5-7H,1,8H2,2-4H3. The van der Waals surface area contributed by atoms with Crippen LogP contribution in [-0.2, 0) is 0 Å². The van der Waals surface area contributed by atoms with Gasteiger partial charge in [-0.1, -0.05) is 18.2 Å². The third-order valence-corrected chi connectivity index (χ3v) is 1.77. The molecule has 0 bridgehead atoms. The van der Waals surface area contributed by atoms with Gasteiger partial charge in [-0.25, -0.2) is 4.98 Å². The van der Waals surface area contributed by atoms with E-state index in [1.54, 1.807) is 0 Å². The van der Waals surface area contributed by atoms with Gasteiger partial charge in [-0.3, -0.25) is 0 Å². The van der Waals surface area contributed by atoms with Crippen molar-refractivity contribution in [3.63, 3.8) is 0 Å². The Balaban J connectivity index is 2.76. The summed E-state index contributed by atoms with van der Waals surface area (Å²) < 4.78 is 0. The van der Waals surface area contributed by atoms with Crippen LogP contribution >= 0.6 is 0 Å². The minimum atomic E-state index is 0.858. The Kier molecular flexibility index (Phi) is 3.07. The van der Waals surface area contributed by atoms with Crippen molar-refractivity contribution in [1.29, 1.82) is 0 Å². The molecule has 0 amide bonds. The Morgan fingerprint density at radius 2 is 2.23 bits per heavy atom. The minimum Gasteiger partial charge on any atom is -0.356 e. The van der Waals surface area contributed by atoms with Gasteiger partial charge in [0.1, 0.15) is 5.82 Å². The van der Waals surface area contributed by atoms with Crippen LogP contribution in [0.25, 0.3) is 0 Å². The molecule has 1 aromatic heterocycles. The van der Waals surface area contributed by atoms with E-state index in [0.29, 0.717) is 0 Å². The molecule has 70 valence electrons. The van der Waals surface area contributed by atoms with Gasteiger partial charge >= 0.3 is 0 Å². The van der Waals surface area contributed by atoms with Crippen LogP contribution in [0.15, 0.2) is 30.4 Å². The molecule has 0 aliphatic heterocycles. The van der Waals surface area contributed by atoms with E-state index < -0.39 is 0 Å². The van der Waals surface area contributed by atoms with Crippen LogP contribution in [0.1, 0.15) is 12.6 Å². The van der Waals surface area contributed by atoms with E-state index in [1.807, 2.05) is 39.1 Å². The van der Waals surface area contributed by atoms with Crippen molar-refractivity contribution in [2.75, 3.05) is 18.5 Å². The molecule has 2 nitrogen and oxygen atoms in total. The van der Waals surface area contributed by atoms with Gasteiger partial charge in [0, 0.05) is 19.3 Å². The molecule has 0 aliphatic rings. The van der Waals surface area contributed by atoms with Crippen LogP contribution < -0.4 is 4.90 Å². The Morgan fingerprint density at radius 1 is 1.54 bits per heavy atom. The molecule has 0 atom stereocenters. The fourth-order valence-corrected chi connectivity index (χ4v) is 1.23. The van der Waals surface area contributed by atoms with Crippen molar-refractivity contribution < 1.29 is 0 Å². The second-order valence-electron chi connectivity index (χ2n) is 3.45. The van der Waals surface area contributed by atoms with Crippen molar-refractivity contribution in [1.82, 2.24) is 4.98 Å². The van der Waals surface area contributed by atoms with Gasteiger partial charge in [-0.15, -0.1) is 0 Å². The van der Waals surface area contributed by atoms with Crippen molar-refractivity contribution in [3.8, 4) is 0 Å². The second kappa shape index (κ2) is 4.08. The lowest BCUT2D eigenvalue weighted by atomic mass is 10.3. The summed E-state index contributed by atoms with van der Waals surface area (Å²) in [7, 11) is 2.02. The smallest absolute Gasteiger partial charge is 0.128 e. The largest absolute Gasteiger partial charge is 0.356 e. The van der Waals surface area contributed by atoms with Crippen LogP contribution in [0, 0.1) is 6.92 Å². The summed E-state index contributed by atoms with van der Waals surface area (Å²) in [6.45, 7) is 8.75. The van der Waals surface area contributed by atoms with Gasteiger partial charge in [0.15, 0.2) is 0 Å². The zero-order chi connectivity index (χ0) is 9.84. The predicted molar refractivity (Wildman–Crippen MR) is 57.1 cm³/mol. The topological polar surface area (TPSA) is 16.1 Å².